The number of ketones is 1. The van der Waals surface area contributed by atoms with Crippen molar-refractivity contribution in [2.24, 2.45) is 0 Å². The molecule has 2 aromatic rings. The van der Waals surface area contributed by atoms with Crippen molar-refractivity contribution in [2.45, 2.75) is 19.4 Å². The normalized spacial score (nSPS) is 11.5. The van der Waals surface area contributed by atoms with Crippen molar-refractivity contribution >= 4 is 40.9 Å². The van der Waals surface area contributed by atoms with E-state index in [1.54, 1.807) is 0 Å². The van der Waals surface area contributed by atoms with Crippen LogP contribution in [-0.2, 0) is 20.7 Å². The zero-order valence-corrected chi connectivity index (χ0v) is 15.4. The molecular weight excluding hydrogens is 379 g/mol. The van der Waals surface area contributed by atoms with Gasteiger partial charge in [0.15, 0.2) is 18.1 Å². The zero-order valence-electron chi connectivity index (χ0n) is 13.9. The molecule has 1 heterocycles. The fourth-order valence-corrected chi connectivity index (χ4v) is 2.47. The largest absolute Gasteiger partial charge is 0.451 e. The van der Waals surface area contributed by atoms with E-state index in [4.69, 9.17) is 27.9 Å². The molecule has 0 aliphatic carbocycles. The number of rotatable bonds is 7. The Morgan fingerprint density at radius 2 is 1.81 bits per heavy atom. The molecule has 1 unspecified atom stereocenters. The van der Waals surface area contributed by atoms with E-state index < -0.39 is 24.5 Å². The lowest BCUT2D eigenvalue weighted by atomic mass is 10.0. The minimum atomic E-state index is -0.880. The lowest BCUT2D eigenvalue weighted by Gasteiger charge is -2.16. The number of halogens is 2. The van der Waals surface area contributed by atoms with Crippen LogP contribution in [0.25, 0.3) is 0 Å². The number of Topliss-reactive ketones (excluding diaryl/α,β-unsaturated/α-hetero) is 1. The molecule has 1 atom stereocenters. The van der Waals surface area contributed by atoms with E-state index in [0.717, 1.165) is 5.56 Å². The zero-order chi connectivity index (χ0) is 19.1. The quantitative estimate of drug-likeness (QED) is 0.576. The van der Waals surface area contributed by atoms with Crippen molar-refractivity contribution in [3.05, 3.63) is 63.9 Å². The van der Waals surface area contributed by atoms with Crippen LogP contribution in [0.3, 0.4) is 0 Å². The molecule has 0 saturated carbocycles. The predicted octanol–water partition coefficient (Wildman–Crippen LogP) is 2.86. The summed E-state index contributed by atoms with van der Waals surface area (Å²) < 4.78 is 4.89. The van der Waals surface area contributed by atoms with E-state index in [2.05, 4.69) is 10.3 Å². The number of amides is 1. The Kier molecular flexibility index (Phi) is 7.12. The van der Waals surface area contributed by atoms with Gasteiger partial charge in [0.25, 0.3) is 5.91 Å². The number of pyridine rings is 1. The van der Waals surface area contributed by atoms with Gasteiger partial charge < -0.3 is 10.1 Å². The molecule has 136 valence electrons. The molecule has 0 saturated heterocycles. The molecule has 0 bridgehead atoms. The number of carbonyl (C=O) groups excluding carboxylic acids is 3. The van der Waals surface area contributed by atoms with Crippen LogP contribution in [0.5, 0.6) is 0 Å². The number of hydrogen-bond acceptors (Lipinski definition) is 5. The molecular formula is C18H16Cl2N2O4. The lowest BCUT2D eigenvalue weighted by Crippen LogP contribution is -2.43. The molecule has 26 heavy (non-hydrogen) atoms. The highest BCUT2D eigenvalue weighted by Crippen LogP contribution is 2.17. The van der Waals surface area contributed by atoms with E-state index >= 15 is 0 Å². The molecule has 1 N–H and O–H groups in total. The number of benzene rings is 1. The number of nitrogens with zero attached hydrogens (tertiary/aromatic N) is 1. The molecule has 0 fully saturated rings. The smallest absolute Gasteiger partial charge is 0.359 e. The van der Waals surface area contributed by atoms with Crippen molar-refractivity contribution in [1.82, 2.24) is 10.3 Å². The highest BCUT2D eigenvalue weighted by molar-refractivity contribution is 6.34. The van der Waals surface area contributed by atoms with E-state index in [0.29, 0.717) is 6.42 Å². The summed E-state index contributed by atoms with van der Waals surface area (Å²) in [6, 6.07) is 11.4. The second-order valence-corrected chi connectivity index (χ2v) is 6.26. The van der Waals surface area contributed by atoms with Crippen LogP contribution < -0.4 is 5.32 Å². The Labute approximate surface area is 160 Å². The molecule has 1 aromatic carbocycles. The first-order chi connectivity index (χ1) is 12.4. The lowest BCUT2D eigenvalue weighted by molar-refractivity contribution is -0.128. The number of esters is 1. The van der Waals surface area contributed by atoms with E-state index in [1.807, 2.05) is 30.3 Å². The summed E-state index contributed by atoms with van der Waals surface area (Å²) in [6.45, 7) is 0.817. The van der Waals surface area contributed by atoms with Gasteiger partial charge in [-0.15, -0.1) is 0 Å². The van der Waals surface area contributed by atoms with Crippen LogP contribution in [0.4, 0.5) is 0 Å². The Morgan fingerprint density at radius 1 is 1.12 bits per heavy atom. The maximum absolute atomic E-state index is 12.0. The van der Waals surface area contributed by atoms with E-state index in [-0.39, 0.29) is 21.7 Å². The third-order valence-electron chi connectivity index (χ3n) is 3.45. The van der Waals surface area contributed by atoms with Crippen LogP contribution >= 0.6 is 23.2 Å². The van der Waals surface area contributed by atoms with Crippen molar-refractivity contribution < 1.29 is 19.1 Å². The molecule has 0 aliphatic heterocycles. The number of aromatic nitrogens is 1. The third-order valence-corrected chi connectivity index (χ3v) is 3.96. The molecule has 1 amide bonds. The number of carbonyl (C=O) groups is 3. The van der Waals surface area contributed by atoms with Crippen LogP contribution in [0.2, 0.25) is 10.2 Å². The van der Waals surface area contributed by atoms with Gasteiger partial charge in [0, 0.05) is 0 Å². The van der Waals surface area contributed by atoms with Gasteiger partial charge in [-0.25, -0.2) is 9.78 Å². The minimum absolute atomic E-state index is 0.0606. The van der Waals surface area contributed by atoms with Crippen LogP contribution in [0.1, 0.15) is 23.0 Å². The summed E-state index contributed by atoms with van der Waals surface area (Å²) in [4.78, 5) is 39.5. The molecule has 0 spiro atoms. The number of hydrogen-bond donors (Lipinski definition) is 1. The van der Waals surface area contributed by atoms with Gasteiger partial charge in [-0.05, 0) is 31.0 Å². The first-order valence-electron chi connectivity index (χ1n) is 7.69. The highest BCUT2D eigenvalue weighted by atomic mass is 35.5. The van der Waals surface area contributed by atoms with Gasteiger partial charge >= 0.3 is 5.97 Å². The van der Waals surface area contributed by atoms with Crippen LogP contribution in [-0.4, -0.2) is 35.3 Å². The summed E-state index contributed by atoms with van der Waals surface area (Å²) in [7, 11) is 0. The maximum atomic E-state index is 12.0. The molecule has 8 heteroatoms. The van der Waals surface area contributed by atoms with Gasteiger partial charge in [-0.1, -0.05) is 53.5 Å². The predicted molar refractivity (Wildman–Crippen MR) is 97.3 cm³/mol. The third kappa shape index (κ3) is 5.82. The molecule has 0 radical (unpaired) electrons. The van der Waals surface area contributed by atoms with Gasteiger partial charge in [0.05, 0.1) is 11.1 Å². The summed E-state index contributed by atoms with van der Waals surface area (Å²) >= 11 is 11.6. The fourth-order valence-electron chi connectivity index (χ4n) is 2.14. The van der Waals surface area contributed by atoms with Gasteiger partial charge in [-0.3, -0.25) is 9.59 Å². The standard InChI is InChI=1S/C18H16Cl2N2O4/c1-11(23)14(9-12-5-3-2-4-6-12)21-16(24)10-26-18(25)17-13(19)7-8-15(20)22-17/h2-8,14H,9-10H2,1H3,(H,21,24). The summed E-state index contributed by atoms with van der Waals surface area (Å²) in [5.74, 6) is -1.68. The number of nitrogens with one attached hydrogen (secondary N) is 1. The minimum Gasteiger partial charge on any atom is -0.451 e. The number of ether oxygens (including phenoxy) is 1. The summed E-state index contributed by atoms with van der Waals surface area (Å²) in [5.41, 5.74) is 0.722. The first kappa shape index (κ1) is 19.9. The Morgan fingerprint density at radius 3 is 2.46 bits per heavy atom. The highest BCUT2D eigenvalue weighted by Gasteiger charge is 2.20. The van der Waals surface area contributed by atoms with Crippen LogP contribution in [0.15, 0.2) is 42.5 Å². The fraction of sp³-hybridized carbons (Fsp3) is 0.222. The van der Waals surface area contributed by atoms with Gasteiger partial charge in [-0.2, -0.15) is 0 Å². The Balaban J connectivity index is 1.92. The van der Waals surface area contributed by atoms with Gasteiger partial charge in [0.1, 0.15) is 5.15 Å². The monoisotopic (exact) mass is 394 g/mol. The first-order valence-corrected chi connectivity index (χ1v) is 8.45. The molecule has 2 rings (SSSR count). The second kappa shape index (κ2) is 9.31. The van der Waals surface area contributed by atoms with Gasteiger partial charge in [0.2, 0.25) is 0 Å². The average molecular weight is 395 g/mol. The van der Waals surface area contributed by atoms with E-state index in [1.165, 1.54) is 19.1 Å². The van der Waals surface area contributed by atoms with Crippen molar-refractivity contribution in [1.29, 1.82) is 0 Å². The van der Waals surface area contributed by atoms with Crippen LogP contribution in [0, 0.1) is 0 Å². The Bertz CT molecular complexity index is 812. The Hall–Kier alpha value is -2.44. The van der Waals surface area contributed by atoms with E-state index in [9.17, 15) is 14.4 Å². The average Bonchev–Trinajstić information content (AvgIpc) is 2.62. The SMILES string of the molecule is CC(=O)C(Cc1ccccc1)NC(=O)COC(=O)c1nc(Cl)ccc1Cl. The molecule has 0 aliphatic rings. The topological polar surface area (TPSA) is 85.4 Å². The molecule has 6 nitrogen and oxygen atoms in total. The maximum Gasteiger partial charge on any atom is 0.359 e. The summed E-state index contributed by atoms with van der Waals surface area (Å²) in [5, 5.41) is 2.69. The van der Waals surface area contributed by atoms with Crippen molar-refractivity contribution in [3.63, 3.8) is 0 Å². The summed E-state index contributed by atoms with van der Waals surface area (Å²) in [6.07, 6.45) is 0.345. The van der Waals surface area contributed by atoms with Crippen molar-refractivity contribution in [2.75, 3.05) is 6.61 Å². The second-order valence-electron chi connectivity index (χ2n) is 5.46. The van der Waals surface area contributed by atoms with Crippen molar-refractivity contribution in [3.8, 4) is 0 Å². The molecule has 1 aromatic heterocycles.